The van der Waals surface area contributed by atoms with E-state index in [-0.39, 0.29) is 23.9 Å². The molecule has 2 amide bonds. The molecule has 0 bridgehead atoms. The van der Waals surface area contributed by atoms with Crippen LogP contribution in [0.15, 0.2) is 12.2 Å². The number of carbonyl (C=O) groups is 2. The van der Waals surface area contributed by atoms with Crippen molar-refractivity contribution in [1.82, 2.24) is 10.2 Å². The molecule has 0 saturated carbocycles. The highest BCUT2D eigenvalue weighted by atomic mass is 16.2. The SMILES string of the molecule is C/C=C/CN1C(=O)C(CC)NC(=O)C1CCC. The van der Waals surface area contributed by atoms with E-state index in [4.69, 9.17) is 0 Å². The molecule has 0 aromatic carbocycles. The van der Waals surface area contributed by atoms with Gasteiger partial charge in [-0.3, -0.25) is 9.59 Å². The van der Waals surface area contributed by atoms with Gasteiger partial charge >= 0.3 is 0 Å². The number of allylic oxidation sites excluding steroid dienone is 1. The first kappa shape index (κ1) is 13.7. The Balaban J connectivity index is 2.86. The van der Waals surface area contributed by atoms with E-state index in [2.05, 4.69) is 5.32 Å². The van der Waals surface area contributed by atoms with Crippen molar-refractivity contribution in [2.45, 2.75) is 52.1 Å². The molecular weight excluding hydrogens is 216 g/mol. The Hall–Kier alpha value is -1.32. The maximum Gasteiger partial charge on any atom is 0.246 e. The smallest absolute Gasteiger partial charge is 0.246 e. The third-order valence-electron chi connectivity index (χ3n) is 3.08. The predicted molar refractivity (Wildman–Crippen MR) is 67.4 cm³/mol. The molecular formula is C13H22N2O2. The van der Waals surface area contributed by atoms with Crippen molar-refractivity contribution in [1.29, 1.82) is 0 Å². The van der Waals surface area contributed by atoms with Gasteiger partial charge in [-0.05, 0) is 19.8 Å². The van der Waals surface area contributed by atoms with Gasteiger partial charge in [0.1, 0.15) is 12.1 Å². The molecule has 1 aliphatic rings. The quantitative estimate of drug-likeness (QED) is 0.737. The molecule has 2 atom stereocenters. The number of carbonyl (C=O) groups excluding carboxylic acids is 2. The summed E-state index contributed by atoms with van der Waals surface area (Å²) in [6.07, 6.45) is 6.10. The van der Waals surface area contributed by atoms with Gasteiger partial charge in [0.05, 0.1) is 0 Å². The summed E-state index contributed by atoms with van der Waals surface area (Å²) in [5, 5.41) is 2.80. The van der Waals surface area contributed by atoms with Crippen LogP contribution in [0.25, 0.3) is 0 Å². The zero-order chi connectivity index (χ0) is 12.8. The van der Waals surface area contributed by atoms with E-state index >= 15 is 0 Å². The number of hydrogen-bond acceptors (Lipinski definition) is 2. The molecule has 1 N–H and O–H groups in total. The third kappa shape index (κ3) is 3.08. The van der Waals surface area contributed by atoms with Crippen LogP contribution < -0.4 is 5.32 Å². The number of hydrogen-bond donors (Lipinski definition) is 1. The van der Waals surface area contributed by atoms with Crippen LogP contribution in [0.1, 0.15) is 40.0 Å². The molecule has 4 heteroatoms. The number of nitrogens with zero attached hydrogens (tertiary/aromatic N) is 1. The van der Waals surface area contributed by atoms with Crippen LogP contribution in [-0.2, 0) is 9.59 Å². The van der Waals surface area contributed by atoms with E-state index in [1.54, 1.807) is 4.90 Å². The maximum absolute atomic E-state index is 12.2. The lowest BCUT2D eigenvalue weighted by Crippen LogP contribution is -2.63. The van der Waals surface area contributed by atoms with E-state index in [0.29, 0.717) is 13.0 Å². The lowest BCUT2D eigenvalue weighted by molar-refractivity contribution is -0.149. The van der Waals surface area contributed by atoms with Gasteiger partial charge in [-0.15, -0.1) is 0 Å². The summed E-state index contributed by atoms with van der Waals surface area (Å²) in [5.74, 6) is 0.0338. The standard InChI is InChI=1S/C13H22N2O2/c1-4-7-9-15-11(8-5-2)12(16)14-10(6-3)13(15)17/h4,7,10-11H,5-6,8-9H2,1-3H3,(H,14,16)/b7-4+. The van der Waals surface area contributed by atoms with Crippen molar-refractivity contribution in [2.24, 2.45) is 0 Å². The van der Waals surface area contributed by atoms with Crippen molar-refractivity contribution in [3.8, 4) is 0 Å². The van der Waals surface area contributed by atoms with E-state index in [1.165, 1.54) is 0 Å². The average Bonchev–Trinajstić information content (AvgIpc) is 2.33. The summed E-state index contributed by atoms with van der Waals surface area (Å²) in [6.45, 7) is 6.39. The highest BCUT2D eigenvalue weighted by Crippen LogP contribution is 2.16. The Morgan fingerprint density at radius 2 is 2.06 bits per heavy atom. The van der Waals surface area contributed by atoms with Crippen molar-refractivity contribution in [2.75, 3.05) is 6.54 Å². The normalized spacial score (nSPS) is 25.5. The Bertz CT molecular complexity index is 313. The molecule has 1 aliphatic heterocycles. The van der Waals surface area contributed by atoms with Gasteiger partial charge in [0.15, 0.2) is 0 Å². The highest BCUT2D eigenvalue weighted by Gasteiger charge is 2.38. The second-order valence-corrected chi connectivity index (χ2v) is 4.33. The van der Waals surface area contributed by atoms with Gasteiger partial charge in [0, 0.05) is 6.54 Å². The molecule has 0 aromatic heterocycles. The van der Waals surface area contributed by atoms with Crippen molar-refractivity contribution in [3.05, 3.63) is 12.2 Å². The van der Waals surface area contributed by atoms with Gasteiger partial charge in [-0.2, -0.15) is 0 Å². The van der Waals surface area contributed by atoms with Crippen LogP contribution >= 0.6 is 0 Å². The van der Waals surface area contributed by atoms with Crippen LogP contribution in [0.3, 0.4) is 0 Å². The molecule has 0 radical (unpaired) electrons. The minimum Gasteiger partial charge on any atom is -0.343 e. The zero-order valence-corrected chi connectivity index (χ0v) is 10.9. The predicted octanol–water partition coefficient (Wildman–Crippen LogP) is 1.47. The van der Waals surface area contributed by atoms with Crippen LogP contribution in [0, 0.1) is 0 Å². The first-order valence-electron chi connectivity index (χ1n) is 6.37. The summed E-state index contributed by atoms with van der Waals surface area (Å²) in [7, 11) is 0. The molecule has 17 heavy (non-hydrogen) atoms. The fourth-order valence-corrected chi connectivity index (χ4v) is 2.10. The van der Waals surface area contributed by atoms with Crippen molar-refractivity contribution in [3.63, 3.8) is 0 Å². The number of nitrogens with one attached hydrogen (secondary N) is 1. The summed E-state index contributed by atoms with van der Waals surface area (Å²) in [4.78, 5) is 25.8. The number of amides is 2. The van der Waals surface area contributed by atoms with E-state index in [1.807, 2.05) is 32.9 Å². The summed E-state index contributed by atoms with van der Waals surface area (Å²) in [5.41, 5.74) is 0. The van der Waals surface area contributed by atoms with Gasteiger partial charge in [-0.25, -0.2) is 0 Å². The van der Waals surface area contributed by atoms with Crippen LogP contribution in [0.4, 0.5) is 0 Å². The molecule has 1 saturated heterocycles. The fraction of sp³-hybridized carbons (Fsp3) is 0.692. The molecule has 0 aromatic rings. The summed E-state index contributed by atoms with van der Waals surface area (Å²) in [6, 6.07) is -0.646. The molecule has 4 nitrogen and oxygen atoms in total. The minimum atomic E-state index is -0.346. The van der Waals surface area contributed by atoms with Crippen molar-refractivity contribution >= 4 is 11.8 Å². The summed E-state index contributed by atoms with van der Waals surface area (Å²) >= 11 is 0. The third-order valence-corrected chi connectivity index (χ3v) is 3.08. The minimum absolute atomic E-state index is 0.0113. The molecule has 1 fully saturated rings. The Labute approximate surface area is 103 Å². The highest BCUT2D eigenvalue weighted by molar-refractivity contribution is 5.97. The molecule has 1 heterocycles. The first-order valence-corrected chi connectivity index (χ1v) is 6.37. The molecule has 0 aliphatic carbocycles. The van der Waals surface area contributed by atoms with E-state index in [0.717, 1.165) is 12.8 Å². The van der Waals surface area contributed by atoms with Crippen LogP contribution in [0.5, 0.6) is 0 Å². The monoisotopic (exact) mass is 238 g/mol. The van der Waals surface area contributed by atoms with Gasteiger partial charge < -0.3 is 10.2 Å². The van der Waals surface area contributed by atoms with Gasteiger partial charge in [-0.1, -0.05) is 32.4 Å². The van der Waals surface area contributed by atoms with E-state index in [9.17, 15) is 9.59 Å². The molecule has 1 rings (SSSR count). The maximum atomic E-state index is 12.2. The Morgan fingerprint density at radius 1 is 1.35 bits per heavy atom. The number of piperazine rings is 1. The fourth-order valence-electron chi connectivity index (χ4n) is 2.10. The van der Waals surface area contributed by atoms with Gasteiger partial charge in [0.25, 0.3) is 0 Å². The summed E-state index contributed by atoms with van der Waals surface area (Å²) < 4.78 is 0. The van der Waals surface area contributed by atoms with Crippen LogP contribution in [-0.4, -0.2) is 35.3 Å². The largest absolute Gasteiger partial charge is 0.343 e. The topological polar surface area (TPSA) is 49.4 Å². The lowest BCUT2D eigenvalue weighted by atomic mass is 10.0. The first-order chi connectivity index (χ1) is 8.15. The molecule has 0 spiro atoms. The lowest BCUT2D eigenvalue weighted by Gasteiger charge is -2.38. The Kier molecular flexibility index (Phi) is 5.19. The average molecular weight is 238 g/mol. The van der Waals surface area contributed by atoms with Crippen molar-refractivity contribution < 1.29 is 9.59 Å². The van der Waals surface area contributed by atoms with Crippen LogP contribution in [0.2, 0.25) is 0 Å². The number of rotatable bonds is 5. The second kappa shape index (κ2) is 6.42. The zero-order valence-electron chi connectivity index (χ0n) is 10.9. The molecule has 96 valence electrons. The van der Waals surface area contributed by atoms with Gasteiger partial charge in [0.2, 0.25) is 11.8 Å². The second-order valence-electron chi connectivity index (χ2n) is 4.33. The molecule has 2 unspecified atom stereocenters. The van der Waals surface area contributed by atoms with E-state index < -0.39 is 0 Å². The Morgan fingerprint density at radius 3 is 2.59 bits per heavy atom.